The average Bonchev–Trinajstić information content (AvgIpc) is 4.15. The number of aromatic amines is 1. The van der Waals surface area contributed by atoms with E-state index in [1.165, 1.54) is 11.9 Å². The summed E-state index contributed by atoms with van der Waals surface area (Å²) in [6.45, 7) is 12.9. The lowest BCUT2D eigenvalue weighted by Gasteiger charge is -2.46. The number of hydrogen-bond donors (Lipinski definition) is 5. The number of aryl methyl sites for hydroxylation is 1. The molecule has 2 aliphatic heterocycles. The number of ether oxygens (including phenoxy) is 1. The molecule has 2 amide bonds. The Labute approximate surface area is 464 Å². The standard InChI is InChI=1S/C61H84N10O8/c1-38(2)69(41-31-39(32-41)23-28-51-67-45-26-24-40(61(3,4)5)33-47(45)68-51)35-50-54(75)55(76)60(79-50)70-37-66-53-56(64-36-65-57(53)70)63-30-17-13-15-20-42(72)19-14-11-9-7-6-8-10-12-16-29-62-46-22-18-21-44-52(46)59(78)71(58(44)77)48-27-25-43(73)34-49(48)74/h18,21-22,24,26,33,36-39,41,48,50,54-55,60,62,75-76H,6-17,19-20,23,25,27-32,34-35H2,1-5H3,(H,67,68)(H,63,64,65)/t39?,41?,48?,50-,54?,55+,60-/m1/s1. The van der Waals surface area contributed by atoms with Crippen LogP contribution in [0.5, 0.6) is 0 Å². The number of imide groups is 1. The van der Waals surface area contributed by atoms with Crippen LogP contribution in [0.4, 0.5) is 11.5 Å². The zero-order valence-electron chi connectivity index (χ0n) is 47.2. The van der Waals surface area contributed by atoms with Crippen molar-refractivity contribution in [2.75, 3.05) is 30.3 Å². The van der Waals surface area contributed by atoms with Crippen molar-refractivity contribution in [3.63, 3.8) is 0 Å². The molecule has 0 spiro atoms. The predicted molar refractivity (Wildman–Crippen MR) is 304 cm³/mol. The van der Waals surface area contributed by atoms with E-state index in [1.54, 1.807) is 29.1 Å². The van der Waals surface area contributed by atoms with Crippen LogP contribution < -0.4 is 10.6 Å². The fraction of sp³-hybridized carbons (Fsp3) is 0.623. The van der Waals surface area contributed by atoms with E-state index in [2.05, 4.69) is 88.3 Å². The van der Waals surface area contributed by atoms with E-state index in [-0.39, 0.29) is 42.3 Å². The molecular weight excluding hydrogens is 1000 g/mol. The minimum Gasteiger partial charge on any atom is -0.387 e. The van der Waals surface area contributed by atoms with Gasteiger partial charge in [-0.1, -0.05) is 84.3 Å². The molecule has 18 heteroatoms. The summed E-state index contributed by atoms with van der Waals surface area (Å²) in [5.74, 6) is 1.12. The first-order valence-corrected chi connectivity index (χ1v) is 29.5. The van der Waals surface area contributed by atoms with Crippen molar-refractivity contribution in [2.24, 2.45) is 5.92 Å². The Hall–Kier alpha value is -5.95. The minimum absolute atomic E-state index is 0.0846. The fourth-order valence-electron chi connectivity index (χ4n) is 12.2. The number of hydrogen-bond acceptors (Lipinski definition) is 15. The highest BCUT2D eigenvalue weighted by atomic mass is 16.6. The number of H-pyrrole nitrogens is 1. The van der Waals surface area contributed by atoms with Crippen molar-refractivity contribution < 1.29 is 38.9 Å². The first-order chi connectivity index (χ1) is 38.0. The Balaban J connectivity index is 0.606. The number of ketones is 3. The number of carbonyl (C=O) groups excluding carboxylic acids is 5. The Morgan fingerprint density at radius 2 is 1.54 bits per heavy atom. The van der Waals surface area contributed by atoms with E-state index in [9.17, 15) is 34.2 Å². The number of imidazole rings is 2. The number of carbonyl (C=O) groups is 5. The molecule has 18 nitrogen and oxygen atoms in total. The van der Waals surface area contributed by atoms with E-state index in [0.29, 0.717) is 84.0 Å². The highest BCUT2D eigenvalue weighted by Gasteiger charge is 2.48. The smallest absolute Gasteiger partial charge is 0.264 e. The molecule has 9 rings (SSSR count). The van der Waals surface area contributed by atoms with Crippen LogP contribution in [0.3, 0.4) is 0 Å². The monoisotopic (exact) mass is 1080 g/mol. The molecule has 2 aromatic carbocycles. The number of unbranched alkanes of at least 4 members (excludes halogenated alkanes) is 10. The van der Waals surface area contributed by atoms with Gasteiger partial charge in [-0.15, -0.1) is 0 Å². The third-order valence-corrected chi connectivity index (χ3v) is 17.0. The number of rotatable bonds is 29. The summed E-state index contributed by atoms with van der Waals surface area (Å²) in [5, 5.41) is 29.4. The van der Waals surface area contributed by atoms with Gasteiger partial charge >= 0.3 is 0 Å². The highest BCUT2D eigenvalue weighted by molar-refractivity contribution is 6.25. The van der Waals surface area contributed by atoms with E-state index in [0.717, 1.165) is 124 Å². The lowest BCUT2D eigenvalue weighted by Crippen LogP contribution is -2.52. The SMILES string of the molecule is CC(C)N(C[C@H]1O[C@@H](n2cnc3c(NCCCCCC(=O)CCCCCCCCCCCNc4cccc5c4C(=O)N(C4CCC(=O)CC4=O)C5=O)ncnc32)[C@@H](O)C1O)C1CC(CCc2nc3ccc(C(C)(C)C)cc3[nH]2)C1. The second-order valence-corrected chi connectivity index (χ2v) is 24.2. The molecule has 3 aromatic heterocycles. The van der Waals surface area contributed by atoms with Crippen LogP contribution in [-0.2, 0) is 31.0 Å². The summed E-state index contributed by atoms with van der Waals surface area (Å²) in [7, 11) is 0. The number of aromatic nitrogens is 6. The summed E-state index contributed by atoms with van der Waals surface area (Å²) in [6, 6.07) is 11.4. The van der Waals surface area contributed by atoms with E-state index < -0.39 is 42.4 Å². The van der Waals surface area contributed by atoms with Crippen molar-refractivity contribution in [1.29, 1.82) is 0 Å². The number of anilines is 2. The number of aliphatic hydroxyl groups excluding tert-OH is 2. The van der Waals surface area contributed by atoms with Gasteiger partial charge in [-0.05, 0) is 106 Å². The van der Waals surface area contributed by atoms with Gasteiger partial charge in [0, 0.05) is 63.1 Å². The molecule has 2 saturated carbocycles. The van der Waals surface area contributed by atoms with Gasteiger partial charge in [0.05, 0.1) is 41.0 Å². The molecule has 4 aliphatic rings. The Kier molecular flexibility index (Phi) is 19.1. The first kappa shape index (κ1) is 57.7. The van der Waals surface area contributed by atoms with Crippen molar-refractivity contribution in [2.45, 2.75) is 218 Å². The number of benzene rings is 2. The Morgan fingerprint density at radius 3 is 2.25 bits per heavy atom. The number of Topliss-reactive ketones (excluding diaryl/α,β-unsaturated/α-hetero) is 3. The van der Waals surface area contributed by atoms with E-state index >= 15 is 0 Å². The molecule has 5 atom stereocenters. The van der Waals surface area contributed by atoms with Gasteiger partial charge in [-0.25, -0.2) is 19.9 Å². The molecule has 0 bridgehead atoms. The van der Waals surface area contributed by atoms with E-state index in [4.69, 9.17) is 9.72 Å². The quantitative estimate of drug-likeness (QED) is 0.0170. The third kappa shape index (κ3) is 13.8. The molecule has 5 N–H and O–H groups in total. The molecule has 2 unspecified atom stereocenters. The van der Waals surface area contributed by atoms with Gasteiger partial charge in [0.1, 0.15) is 42.0 Å². The molecule has 2 aliphatic carbocycles. The summed E-state index contributed by atoms with van der Waals surface area (Å²) in [5.41, 5.74) is 5.80. The van der Waals surface area contributed by atoms with Crippen molar-refractivity contribution in [3.8, 4) is 0 Å². The predicted octanol–water partition coefficient (Wildman–Crippen LogP) is 9.58. The number of aliphatic hydroxyl groups is 2. The molecule has 0 radical (unpaired) electrons. The number of amides is 2. The third-order valence-electron chi connectivity index (χ3n) is 17.0. The second-order valence-electron chi connectivity index (χ2n) is 24.2. The zero-order valence-corrected chi connectivity index (χ0v) is 47.2. The van der Waals surface area contributed by atoms with Gasteiger partial charge in [0.15, 0.2) is 29.0 Å². The van der Waals surface area contributed by atoms with E-state index in [1.807, 2.05) is 0 Å². The topological polar surface area (TPSA) is 238 Å². The number of nitrogens with one attached hydrogen (secondary N) is 3. The van der Waals surface area contributed by atoms with Crippen LogP contribution >= 0.6 is 0 Å². The summed E-state index contributed by atoms with van der Waals surface area (Å²) in [4.78, 5) is 88.9. The van der Waals surface area contributed by atoms with Gasteiger partial charge in [0.25, 0.3) is 11.8 Å². The maximum absolute atomic E-state index is 13.4. The molecular formula is C61H84N10O8. The van der Waals surface area contributed by atoms with Crippen LogP contribution in [0.2, 0.25) is 0 Å². The molecule has 5 aromatic rings. The van der Waals surface area contributed by atoms with Gasteiger partial charge < -0.3 is 30.6 Å². The van der Waals surface area contributed by atoms with Crippen LogP contribution in [0, 0.1) is 5.92 Å². The van der Waals surface area contributed by atoms with Crippen LogP contribution in [0.1, 0.15) is 201 Å². The molecule has 426 valence electrons. The fourth-order valence-corrected chi connectivity index (χ4v) is 12.2. The Morgan fingerprint density at radius 1 is 0.848 bits per heavy atom. The molecule has 3 fully saturated rings. The first-order valence-electron chi connectivity index (χ1n) is 29.5. The van der Waals surface area contributed by atoms with Crippen LogP contribution in [0.25, 0.3) is 22.2 Å². The maximum Gasteiger partial charge on any atom is 0.264 e. The van der Waals surface area contributed by atoms with Crippen molar-refractivity contribution in [3.05, 3.63) is 71.6 Å². The van der Waals surface area contributed by atoms with Crippen molar-refractivity contribution >= 4 is 62.9 Å². The van der Waals surface area contributed by atoms with Gasteiger partial charge in [-0.2, -0.15) is 0 Å². The maximum atomic E-state index is 13.4. The summed E-state index contributed by atoms with van der Waals surface area (Å²) < 4.78 is 8.15. The largest absolute Gasteiger partial charge is 0.387 e. The van der Waals surface area contributed by atoms with Gasteiger partial charge in [-0.3, -0.25) is 38.3 Å². The lowest BCUT2D eigenvalue weighted by molar-refractivity contribution is -0.132. The molecule has 1 saturated heterocycles. The number of nitrogens with zero attached hydrogens (tertiary/aromatic N) is 7. The number of fused-ring (bicyclic) bond motifs is 3. The average molecular weight is 1090 g/mol. The highest BCUT2D eigenvalue weighted by Crippen LogP contribution is 2.39. The second kappa shape index (κ2) is 26.1. The summed E-state index contributed by atoms with van der Waals surface area (Å²) >= 11 is 0. The zero-order chi connectivity index (χ0) is 55.8. The summed E-state index contributed by atoms with van der Waals surface area (Å²) in [6.07, 6.45) is 17.2. The molecule has 5 heterocycles. The van der Waals surface area contributed by atoms with Crippen molar-refractivity contribution in [1.82, 2.24) is 39.3 Å². The normalized spacial score (nSPS) is 22.5. The minimum atomic E-state index is -1.16. The van der Waals surface area contributed by atoms with Crippen LogP contribution in [-0.4, -0.2) is 135 Å². The Bertz CT molecular complexity index is 2940. The lowest BCUT2D eigenvalue weighted by atomic mass is 9.76. The van der Waals surface area contributed by atoms with Crippen LogP contribution in [0.15, 0.2) is 49.1 Å². The molecule has 79 heavy (non-hydrogen) atoms. The van der Waals surface area contributed by atoms with Gasteiger partial charge in [0.2, 0.25) is 0 Å².